The molecule has 0 aliphatic rings. The summed E-state index contributed by atoms with van der Waals surface area (Å²) >= 11 is 0. The molecular formula is C28H29P. The molecule has 4 rings (SSSR count). The quantitative estimate of drug-likeness (QED) is 0.295. The third-order valence-electron chi connectivity index (χ3n) is 5.72. The molecule has 4 aromatic carbocycles. The van der Waals surface area contributed by atoms with Gasteiger partial charge in [-0.2, -0.15) is 0 Å². The predicted octanol–water partition coefficient (Wildman–Crippen LogP) is 7.58. The van der Waals surface area contributed by atoms with Crippen LogP contribution in [-0.2, 0) is 12.8 Å². The van der Waals surface area contributed by atoms with E-state index < -0.39 is 0 Å². The van der Waals surface area contributed by atoms with E-state index in [2.05, 4.69) is 102 Å². The molecule has 0 saturated heterocycles. The molecule has 0 aliphatic heterocycles. The SMILES string of the molecule is CCCc1ccccc1-c1cc2ccccc2c(P)c1-c1ccccc1CCC. The maximum Gasteiger partial charge on any atom is -0.00244 e. The summed E-state index contributed by atoms with van der Waals surface area (Å²) < 4.78 is 0. The van der Waals surface area contributed by atoms with Crippen LogP contribution in [0.3, 0.4) is 0 Å². The Morgan fingerprint density at radius 3 is 1.86 bits per heavy atom. The highest BCUT2D eigenvalue weighted by Crippen LogP contribution is 2.39. The summed E-state index contributed by atoms with van der Waals surface area (Å²) in [7, 11) is 3.06. The summed E-state index contributed by atoms with van der Waals surface area (Å²) in [4.78, 5) is 0. The van der Waals surface area contributed by atoms with E-state index in [0.29, 0.717) is 0 Å². The maximum absolute atomic E-state index is 3.06. The average molecular weight is 397 g/mol. The van der Waals surface area contributed by atoms with Crippen molar-refractivity contribution >= 4 is 25.3 Å². The lowest BCUT2D eigenvalue weighted by atomic mass is 9.86. The van der Waals surface area contributed by atoms with Crippen molar-refractivity contribution in [3.05, 3.63) is 90.0 Å². The van der Waals surface area contributed by atoms with E-state index in [1.54, 1.807) is 0 Å². The minimum atomic E-state index is 1.10. The lowest BCUT2D eigenvalue weighted by Gasteiger charge is -2.20. The molecule has 0 N–H and O–H groups in total. The van der Waals surface area contributed by atoms with E-state index in [-0.39, 0.29) is 0 Å². The molecule has 0 nitrogen and oxygen atoms in total. The van der Waals surface area contributed by atoms with Crippen LogP contribution in [0.2, 0.25) is 0 Å². The monoisotopic (exact) mass is 396 g/mol. The van der Waals surface area contributed by atoms with E-state index in [1.165, 1.54) is 49.5 Å². The molecule has 0 fully saturated rings. The summed E-state index contributed by atoms with van der Waals surface area (Å²) in [6.45, 7) is 4.52. The molecule has 1 atom stereocenters. The fourth-order valence-corrected chi connectivity index (χ4v) is 4.97. The largest absolute Gasteiger partial charge is 0.104 e. The fraction of sp³-hybridized carbons (Fsp3) is 0.214. The molecule has 146 valence electrons. The van der Waals surface area contributed by atoms with Crippen LogP contribution in [0.4, 0.5) is 0 Å². The van der Waals surface area contributed by atoms with Gasteiger partial charge >= 0.3 is 0 Å². The first-order valence-electron chi connectivity index (χ1n) is 10.7. The number of rotatable bonds is 6. The molecule has 0 heterocycles. The number of hydrogen-bond acceptors (Lipinski definition) is 0. The lowest BCUT2D eigenvalue weighted by Crippen LogP contribution is -2.05. The second kappa shape index (κ2) is 8.93. The standard InChI is InChI=1S/C28H29P/c1-3-11-20-13-5-8-16-23(20)26-19-22-15-7-10-18-25(22)28(29)27(26)24-17-9-6-14-21(24)12-4-2/h5-10,13-19H,3-4,11-12,29H2,1-2H3. The van der Waals surface area contributed by atoms with Gasteiger partial charge in [-0.15, -0.1) is 9.24 Å². The molecule has 29 heavy (non-hydrogen) atoms. The molecular weight excluding hydrogens is 367 g/mol. The molecule has 0 aromatic heterocycles. The van der Waals surface area contributed by atoms with E-state index in [9.17, 15) is 0 Å². The van der Waals surface area contributed by atoms with Crippen molar-refractivity contribution in [3.8, 4) is 22.3 Å². The second-order valence-corrected chi connectivity index (χ2v) is 8.33. The first-order valence-corrected chi connectivity index (χ1v) is 11.3. The summed E-state index contributed by atoms with van der Waals surface area (Å²) in [5.74, 6) is 0. The normalized spacial score (nSPS) is 11.1. The Bertz CT molecular complexity index is 1140. The van der Waals surface area contributed by atoms with Crippen molar-refractivity contribution in [3.63, 3.8) is 0 Å². The molecule has 0 amide bonds. The zero-order chi connectivity index (χ0) is 20.2. The smallest absolute Gasteiger partial charge is 0.00244 e. The first-order chi connectivity index (χ1) is 14.2. The van der Waals surface area contributed by atoms with E-state index >= 15 is 0 Å². The predicted molar refractivity (Wildman–Crippen MR) is 132 cm³/mol. The lowest BCUT2D eigenvalue weighted by molar-refractivity contribution is 0.922. The van der Waals surface area contributed by atoms with Crippen LogP contribution in [0.5, 0.6) is 0 Å². The van der Waals surface area contributed by atoms with Gasteiger partial charge < -0.3 is 0 Å². The number of aryl methyl sites for hydroxylation is 2. The van der Waals surface area contributed by atoms with E-state index in [1.807, 2.05) is 0 Å². The van der Waals surface area contributed by atoms with Gasteiger partial charge in [-0.05, 0) is 68.4 Å². The number of hydrogen-bond donors (Lipinski definition) is 0. The summed E-state index contributed by atoms with van der Waals surface area (Å²) in [6, 6.07) is 29.0. The van der Waals surface area contributed by atoms with Gasteiger partial charge in [0, 0.05) is 0 Å². The summed E-state index contributed by atoms with van der Waals surface area (Å²) in [5.41, 5.74) is 8.31. The van der Waals surface area contributed by atoms with Gasteiger partial charge in [-0.1, -0.05) is 99.5 Å². The van der Waals surface area contributed by atoms with Crippen LogP contribution in [0.1, 0.15) is 37.8 Å². The van der Waals surface area contributed by atoms with Gasteiger partial charge in [0.2, 0.25) is 0 Å². The van der Waals surface area contributed by atoms with E-state index in [4.69, 9.17) is 0 Å². The fourth-order valence-electron chi connectivity index (χ4n) is 4.40. The Morgan fingerprint density at radius 1 is 0.621 bits per heavy atom. The van der Waals surface area contributed by atoms with Crippen LogP contribution >= 0.6 is 9.24 Å². The average Bonchev–Trinajstić information content (AvgIpc) is 2.75. The van der Waals surface area contributed by atoms with Gasteiger partial charge in [0.25, 0.3) is 0 Å². The Balaban J connectivity index is 2.09. The Labute approximate surface area is 177 Å². The Kier molecular flexibility index (Phi) is 6.12. The Hall–Kier alpha value is -2.43. The highest BCUT2D eigenvalue weighted by atomic mass is 31.0. The molecule has 4 aromatic rings. The summed E-state index contributed by atoms with van der Waals surface area (Å²) in [5, 5.41) is 3.92. The Morgan fingerprint density at radius 2 is 1.17 bits per heavy atom. The molecule has 1 unspecified atom stereocenters. The molecule has 0 saturated carbocycles. The van der Waals surface area contributed by atoms with Crippen LogP contribution in [-0.4, -0.2) is 0 Å². The van der Waals surface area contributed by atoms with E-state index in [0.717, 1.165) is 25.7 Å². The molecule has 0 radical (unpaired) electrons. The molecule has 0 aliphatic carbocycles. The van der Waals surface area contributed by atoms with Crippen LogP contribution in [0.15, 0.2) is 78.9 Å². The molecule has 0 spiro atoms. The van der Waals surface area contributed by atoms with Gasteiger partial charge in [0.1, 0.15) is 0 Å². The van der Waals surface area contributed by atoms with Gasteiger partial charge in [-0.25, -0.2) is 0 Å². The number of benzene rings is 4. The minimum Gasteiger partial charge on any atom is -0.104 e. The van der Waals surface area contributed by atoms with Crippen molar-refractivity contribution in [2.24, 2.45) is 0 Å². The maximum atomic E-state index is 3.06. The van der Waals surface area contributed by atoms with Crippen molar-refractivity contribution in [1.29, 1.82) is 0 Å². The van der Waals surface area contributed by atoms with Crippen LogP contribution < -0.4 is 5.30 Å². The van der Waals surface area contributed by atoms with Crippen LogP contribution in [0, 0.1) is 0 Å². The molecule has 1 heteroatoms. The summed E-state index contributed by atoms with van der Waals surface area (Å²) in [6.07, 6.45) is 4.51. The van der Waals surface area contributed by atoms with Crippen molar-refractivity contribution < 1.29 is 0 Å². The van der Waals surface area contributed by atoms with Crippen molar-refractivity contribution in [1.82, 2.24) is 0 Å². The van der Waals surface area contributed by atoms with Gasteiger partial charge in [-0.3, -0.25) is 0 Å². The number of fused-ring (bicyclic) bond motifs is 1. The highest BCUT2D eigenvalue weighted by Gasteiger charge is 2.18. The van der Waals surface area contributed by atoms with Gasteiger partial charge in [0.05, 0.1) is 0 Å². The third-order valence-corrected chi connectivity index (χ3v) is 6.32. The zero-order valence-electron chi connectivity index (χ0n) is 17.4. The minimum absolute atomic E-state index is 1.10. The zero-order valence-corrected chi connectivity index (χ0v) is 18.6. The second-order valence-electron chi connectivity index (χ2n) is 7.75. The first kappa shape index (κ1) is 19.9. The highest BCUT2D eigenvalue weighted by molar-refractivity contribution is 7.29. The third kappa shape index (κ3) is 3.87. The molecule has 0 bridgehead atoms. The van der Waals surface area contributed by atoms with Crippen LogP contribution in [0.25, 0.3) is 33.0 Å². The topological polar surface area (TPSA) is 0 Å². The van der Waals surface area contributed by atoms with Crippen molar-refractivity contribution in [2.45, 2.75) is 39.5 Å². The van der Waals surface area contributed by atoms with Gasteiger partial charge in [0.15, 0.2) is 0 Å². The van der Waals surface area contributed by atoms with Crippen molar-refractivity contribution in [2.75, 3.05) is 0 Å².